The van der Waals surface area contributed by atoms with Gasteiger partial charge in [-0.1, -0.05) is 13.8 Å². The van der Waals surface area contributed by atoms with Crippen LogP contribution in [0.15, 0.2) is 40.5 Å². The van der Waals surface area contributed by atoms with Crippen molar-refractivity contribution in [3.8, 4) is 11.4 Å². The molecule has 0 unspecified atom stereocenters. The van der Waals surface area contributed by atoms with Crippen LogP contribution >= 0.6 is 0 Å². The predicted octanol–water partition coefficient (Wildman–Crippen LogP) is 3.46. The van der Waals surface area contributed by atoms with E-state index in [-0.39, 0.29) is 34.6 Å². The molecule has 1 fully saturated rings. The van der Waals surface area contributed by atoms with Gasteiger partial charge in [0.1, 0.15) is 11.8 Å². The van der Waals surface area contributed by atoms with Gasteiger partial charge in [0.05, 0.1) is 46.0 Å². The van der Waals surface area contributed by atoms with E-state index in [1.165, 1.54) is 12.3 Å². The van der Waals surface area contributed by atoms with Crippen molar-refractivity contribution in [1.82, 2.24) is 34.5 Å². The second-order valence-electron chi connectivity index (χ2n) is 9.58. The molecule has 198 valence electrons. The first-order valence-corrected chi connectivity index (χ1v) is 14.4. The van der Waals surface area contributed by atoms with Crippen molar-refractivity contribution in [1.29, 1.82) is 0 Å². The van der Waals surface area contributed by atoms with Crippen LogP contribution in [-0.2, 0) is 22.8 Å². The van der Waals surface area contributed by atoms with Crippen LogP contribution in [0, 0.1) is 0 Å². The summed E-state index contributed by atoms with van der Waals surface area (Å²) in [5.74, 6) is 1.04. The van der Waals surface area contributed by atoms with Crippen LogP contribution in [0.2, 0.25) is 0 Å². The van der Waals surface area contributed by atoms with E-state index in [0.29, 0.717) is 28.6 Å². The van der Waals surface area contributed by atoms with Crippen LogP contribution in [-0.4, -0.2) is 48.6 Å². The molecule has 1 aliphatic rings. The van der Waals surface area contributed by atoms with Gasteiger partial charge in [0.2, 0.25) is 0 Å². The quantitative estimate of drug-likeness (QED) is 0.339. The van der Waals surface area contributed by atoms with Gasteiger partial charge < -0.3 is 5.32 Å². The number of nitrogens with zero attached hydrogens (tertiary/aromatic N) is 7. The number of sulfone groups is 1. The highest BCUT2D eigenvalue weighted by Gasteiger charge is 2.30. The highest BCUT2D eigenvalue weighted by atomic mass is 32.2. The highest BCUT2D eigenvalue weighted by Crippen LogP contribution is 2.43. The molecular formula is C26H30N8O3S. The van der Waals surface area contributed by atoms with Crippen molar-refractivity contribution in [3.63, 3.8) is 0 Å². The molecule has 0 aromatic carbocycles. The van der Waals surface area contributed by atoms with Gasteiger partial charge >= 0.3 is 0 Å². The van der Waals surface area contributed by atoms with Crippen molar-refractivity contribution < 1.29 is 8.42 Å². The topological polar surface area (TPSA) is 146 Å². The molecule has 0 amide bonds. The molecule has 5 rings (SSSR count). The molecule has 12 heteroatoms. The van der Waals surface area contributed by atoms with E-state index in [2.05, 4.69) is 30.2 Å². The maximum absolute atomic E-state index is 13.5. The first-order chi connectivity index (χ1) is 18.2. The minimum absolute atomic E-state index is 0.00473. The van der Waals surface area contributed by atoms with Crippen molar-refractivity contribution in [2.75, 3.05) is 11.1 Å². The van der Waals surface area contributed by atoms with Crippen LogP contribution < -0.4 is 10.9 Å². The van der Waals surface area contributed by atoms with Crippen molar-refractivity contribution >= 4 is 26.8 Å². The van der Waals surface area contributed by atoms with E-state index in [9.17, 15) is 13.2 Å². The number of hydrogen-bond donors (Lipinski definition) is 1. The molecular weight excluding hydrogens is 504 g/mol. The third kappa shape index (κ3) is 4.87. The van der Waals surface area contributed by atoms with E-state index in [4.69, 9.17) is 4.98 Å². The second-order valence-corrected chi connectivity index (χ2v) is 11.9. The maximum Gasteiger partial charge on any atom is 0.295 e. The van der Waals surface area contributed by atoms with Crippen molar-refractivity contribution in [2.45, 2.75) is 70.4 Å². The SMILES string of the molecule is CCc1ncnc(C2CC2)c1-c1ncc2nc(NCc3ccc(S(=O)(=O)CC)cn3)c(=O)n(C(C)C)c2n1. The number of aromatic nitrogens is 7. The van der Waals surface area contributed by atoms with Gasteiger partial charge in [-0.25, -0.2) is 33.3 Å². The summed E-state index contributed by atoms with van der Waals surface area (Å²) in [6, 6.07) is 2.96. The van der Waals surface area contributed by atoms with Gasteiger partial charge in [0.15, 0.2) is 27.1 Å². The number of nitrogens with one attached hydrogen (secondary N) is 1. The molecule has 1 aliphatic carbocycles. The Hall–Kier alpha value is -3.80. The van der Waals surface area contributed by atoms with Gasteiger partial charge in [-0.3, -0.25) is 14.3 Å². The number of anilines is 1. The summed E-state index contributed by atoms with van der Waals surface area (Å²) < 4.78 is 25.7. The van der Waals surface area contributed by atoms with E-state index in [1.807, 2.05) is 20.8 Å². The van der Waals surface area contributed by atoms with E-state index < -0.39 is 9.84 Å². The van der Waals surface area contributed by atoms with Gasteiger partial charge in [-0.2, -0.15) is 0 Å². The lowest BCUT2D eigenvalue weighted by atomic mass is 10.1. The Morgan fingerprint density at radius 3 is 2.47 bits per heavy atom. The molecule has 4 aromatic rings. The molecule has 4 heterocycles. The van der Waals surface area contributed by atoms with E-state index in [0.717, 1.165) is 36.2 Å². The molecule has 1 N–H and O–H groups in total. The van der Waals surface area contributed by atoms with Gasteiger partial charge in [-0.15, -0.1) is 0 Å². The molecule has 11 nitrogen and oxygen atoms in total. The Morgan fingerprint density at radius 2 is 1.84 bits per heavy atom. The Labute approximate surface area is 220 Å². The summed E-state index contributed by atoms with van der Waals surface area (Å²) in [6.07, 6.45) is 7.45. The third-order valence-electron chi connectivity index (χ3n) is 6.60. The first-order valence-electron chi connectivity index (χ1n) is 12.8. The fourth-order valence-electron chi connectivity index (χ4n) is 4.37. The van der Waals surface area contributed by atoms with Gasteiger partial charge in [0.25, 0.3) is 5.56 Å². The molecule has 0 radical (unpaired) electrons. The van der Waals surface area contributed by atoms with Crippen LogP contribution in [0.1, 0.15) is 69.6 Å². The summed E-state index contributed by atoms with van der Waals surface area (Å²) >= 11 is 0. The molecule has 0 saturated heterocycles. The Kier molecular flexibility index (Phi) is 6.91. The molecule has 38 heavy (non-hydrogen) atoms. The Bertz CT molecular complexity index is 1660. The smallest absolute Gasteiger partial charge is 0.295 e. The fraction of sp³-hybridized carbons (Fsp3) is 0.423. The molecule has 4 aromatic heterocycles. The monoisotopic (exact) mass is 534 g/mol. The minimum Gasteiger partial charge on any atom is -0.360 e. The van der Waals surface area contributed by atoms with Crippen LogP contribution in [0.3, 0.4) is 0 Å². The summed E-state index contributed by atoms with van der Waals surface area (Å²) in [5, 5.41) is 3.05. The second kappa shape index (κ2) is 10.2. The lowest BCUT2D eigenvalue weighted by Gasteiger charge is -2.16. The standard InChI is InChI=1S/C26H30N8O3S/c1-5-19-21(22(16-7-8-16)31-14-30-19)23-29-13-20-25(33-23)34(15(3)4)26(35)24(32-20)28-11-17-9-10-18(12-27-17)38(36,37)6-2/h9-10,12-16H,5-8,11H2,1-4H3,(H,28,32). The predicted molar refractivity (Wildman–Crippen MR) is 144 cm³/mol. The fourth-order valence-corrected chi connectivity index (χ4v) is 5.19. The zero-order valence-corrected chi connectivity index (χ0v) is 22.7. The Morgan fingerprint density at radius 1 is 1.05 bits per heavy atom. The number of aryl methyl sites for hydroxylation is 1. The van der Waals surface area contributed by atoms with E-state index >= 15 is 0 Å². The zero-order valence-electron chi connectivity index (χ0n) is 21.8. The lowest BCUT2D eigenvalue weighted by molar-refractivity contribution is 0.593. The van der Waals surface area contributed by atoms with Crippen molar-refractivity contribution in [2.24, 2.45) is 0 Å². The van der Waals surface area contributed by atoms with Crippen LogP contribution in [0.25, 0.3) is 22.6 Å². The first kappa shape index (κ1) is 25.8. The number of fused-ring (bicyclic) bond motifs is 1. The average molecular weight is 535 g/mol. The Balaban J connectivity index is 1.52. The van der Waals surface area contributed by atoms with E-state index in [1.54, 1.807) is 30.1 Å². The zero-order chi connectivity index (χ0) is 27.0. The summed E-state index contributed by atoms with van der Waals surface area (Å²) in [4.78, 5) is 40.9. The summed E-state index contributed by atoms with van der Waals surface area (Å²) in [7, 11) is -3.33. The molecule has 1 saturated carbocycles. The molecule has 0 atom stereocenters. The largest absolute Gasteiger partial charge is 0.360 e. The molecule has 0 aliphatic heterocycles. The maximum atomic E-state index is 13.5. The third-order valence-corrected chi connectivity index (χ3v) is 8.32. The van der Waals surface area contributed by atoms with Crippen molar-refractivity contribution in [3.05, 3.63) is 58.3 Å². The summed E-state index contributed by atoms with van der Waals surface area (Å²) in [6.45, 7) is 7.66. The van der Waals surface area contributed by atoms with Gasteiger partial charge in [-0.05, 0) is 45.2 Å². The number of hydrogen-bond acceptors (Lipinski definition) is 10. The minimum atomic E-state index is -3.33. The lowest BCUT2D eigenvalue weighted by Crippen LogP contribution is -2.27. The van der Waals surface area contributed by atoms with Gasteiger partial charge in [0, 0.05) is 18.2 Å². The molecule has 0 bridgehead atoms. The van der Waals surface area contributed by atoms with Crippen LogP contribution in [0.5, 0.6) is 0 Å². The highest BCUT2D eigenvalue weighted by molar-refractivity contribution is 7.91. The summed E-state index contributed by atoms with van der Waals surface area (Å²) in [5.41, 5.74) is 3.88. The number of pyridine rings is 1. The average Bonchev–Trinajstić information content (AvgIpc) is 3.77. The van der Waals surface area contributed by atoms with Crippen LogP contribution in [0.4, 0.5) is 5.82 Å². The normalized spacial score (nSPS) is 13.8. The number of rotatable bonds is 9. The molecule has 0 spiro atoms.